The Morgan fingerprint density at radius 3 is 2.08 bits per heavy atom. The molecule has 0 aliphatic carbocycles. The number of phenols is 1. The molecule has 0 unspecified atom stereocenters. The lowest BCUT2D eigenvalue weighted by molar-refractivity contribution is 0.102. The number of benzene rings is 2. The molecular formula is C21H16Br2F3N5O6S. The molecule has 1 heterocycles. The predicted octanol–water partition coefficient (Wildman–Crippen LogP) is 4.04. The van der Waals surface area contributed by atoms with Crippen LogP contribution in [0.4, 0.5) is 18.9 Å². The molecule has 0 atom stereocenters. The molecule has 38 heavy (non-hydrogen) atoms. The van der Waals surface area contributed by atoms with E-state index >= 15 is 0 Å². The number of halogens is 5. The Morgan fingerprint density at radius 1 is 1.11 bits per heavy atom. The fraction of sp³-hybridized carbons (Fsp3) is 0.190. The van der Waals surface area contributed by atoms with Crippen molar-refractivity contribution >= 4 is 53.4 Å². The summed E-state index contributed by atoms with van der Waals surface area (Å²) >= 11 is 6.21. The fourth-order valence-corrected chi connectivity index (χ4v) is 4.50. The zero-order chi connectivity index (χ0) is 28.8. The van der Waals surface area contributed by atoms with Gasteiger partial charge in [0.15, 0.2) is 0 Å². The largest absolute Gasteiger partial charge is 0.506 e. The lowest BCUT2D eigenvalue weighted by Crippen LogP contribution is -2.33. The van der Waals surface area contributed by atoms with Crippen molar-refractivity contribution in [3.05, 3.63) is 62.0 Å². The Balaban J connectivity index is 0.000000384. The number of sulfonamides is 1. The van der Waals surface area contributed by atoms with Gasteiger partial charge in [-0.3, -0.25) is 9.10 Å². The third-order valence-corrected chi connectivity index (χ3v) is 7.07. The smallest absolute Gasteiger partial charge is 0.355 e. The first-order valence-corrected chi connectivity index (χ1v) is 12.9. The van der Waals surface area contributed by atoms with Crippen LogP contribution in [0, 0.1) is 17.1 Å². The van der Waals surface area contributed by atoms with E-state index in [1.807, 2.05) is 6.07 Å². The summed E-state index contributed by atoms with van der Waals surface area (Å²) in [6, 6.07) is 7.45. The predicted molar refractivity (Wildman–Crippen MR) is 134 cm³/mol. The molecular weight excluding hydrogens is 667 g/mol. The first-order valence-electron chi connectivity index (χ1n) is 9.79. The van der Waals surface area contributed by atoms with Gasteiger partial charge in [0, 0.05) is 7.05 Å². The van der Waals surface area contributed by atoms with Gasteiger partial charge < -0.3 is 14.6 Å². The molecule has 0 aliphatic heterocycles. The number of ketones is 1. The van der Waals surface area contributed by atoms with E-state index in [1.54, 1.807) is 12.1 Å². The Labute approximate surface area is 231 Å². The first kappa shape index (κ1) is 30.7. The summed E-state index contributed by atoms with van der Waals surface area (Å²) in [4.78, 5) is 23.8. The van der Waals surface area contributed by atoms with Gasteiger partial charge in [0.05, 0.1) is 46.0 Å². The number of hydrogen-bond acceptors (Lipinski definition) is 10. The topological polar surface area (TPSA) is 156 Å². The van der Waals surface area contributed by atoms with Crippen molar-refractivity contribution in [2.75, 3.05) is 25.6 Å². The molecule has 11 nitrogen and oxygen atoms in total. The monoisotopic (exact) mass is 681 g/mol. The highest BCUT2D eigenvalue weighted by molar-refractivity contribution is 9.11. The molecule has 202 valence electrons. The number of nitriles is 1. The van der Waals surface area contributed by atoms with Gasteiger partial charge in [0.1, 0.15) is 11.6 Å². The van der Waals surface area contributed by atoms with Crippen LogP contribution in [-0.2, 0) is 10.0 Å². The highest BCUT2D eigenvalue weighted by Crippen LogP contribution is 2.33. The van der Waals surface area contributed by atoms with Crippen molar-refractivity contribution in [2.45, 2.75) is 5.76 Å². The first-order chi connectivity index (χ1) is 17.8. The zero-order valence-electron chi connectivity index (χ0n) is 19.5. The summed E-state index contributed by atoms with van der Waals surface area (Å²) in [5.41, 5.74) is -0.931. The zero-order valence-corrected chi connectivity index (χ0v) is 23.5. The van der Waals surface area contributed by atoms with Gasteiger partial charge in [0.2, 0.25) is 11.6 Å². The third-order valence-electron chi connectivity index (χ3n) is 4.46. The lowest BCUT2D eigenvalue weighted by atomic mass is 10.1. The van der Waals surface area contributed by atoms with E-state index in [0.717, 1.165) is 18.2 Å². The average Bonchev–Trinajstić information content (AvgIpc) is 2.90. The van der Waals surface area contributed by atoms with Crippen LogP contribution in [0.3, 0.4) is 0 Å². The van der Waals surface area contributed by atoms with E-state index in [9.17, 15) is 31.5 Å². The van der Waals surface area contributed by atoms with E-state index < -0.39 is 44.5 Å². The van der Waals surface area contributed by atoms with E-state index in [0.29, 0.717) is 21.6 Å². The Hall–Kier alpha value is -3.49. The SMILES string of the molecule is COc1nc(OC)nc(C(=O)c2cccc(F)c2N(C)S(=O)(=O)C(F)F)n1.N#Cc1cc(Br)c(O)c(Br)c1. The van der Waals surface area contributed by atoms with Crippen molar-refractivity contribution in [1.82, 2.24) is 15.0 Å². The summed E-state index contributed by atoms with van der Waals surface area (Å²) in [7, 11) is -2.10. The van der Waals surface area contributed by atoms with Gasteiger partial charge in [-0.25, -0.2) is 12.8 Å². The second-order valence-corrected chi connectivity index (χ2v) is 10.4. The standard InChI is InChI=1S/C14H13F3N4O5S.C7H3Br2NO/c1-21(27(23,24)12(16)17)9-7(5-4-6-8(9)15)10(22)11-18-13(25-2)20-14(19-11)26-3;8-5-1-4(3-10)2-6(9)7(5)11/h4-6,12H,1-3H3;1-2,11H. The molecule has 0 aliphatic rings. The molecule has 0 spiro atoms. The van der Waals surface area contributed by atoms with Gasteiger partial charge in [-0.2, -0.15) is 24.0 Å². The maximum Gasteiger partial charge on any atom is 0.355 e. The molecule has 1 aromatic heterocycles. The Kier molecular flexibility index (Phi) is 10.4. The fourth-order valence-electron chi connectivity index (χ4n) is 2.64. The summed E-state index contributed by atoms with van der Waals surface area (Å²) in [5, 5.41) is 17.7. The highest BCUT2D eigenvalue weighted by atomic mass is 79.9. The number of carbonyl (C=O) groups excluding carboxylic acids is 1. The number of aromatic hydroxyl groups is 1. The van der Waals surface area contributed by atoms with Crippen LogP contribution in [0.15, 0.2) is 39.3 Å². The number of carbonyl (C=O) groups is 1. The van der Waals surface area contributed by atoms with Gasteiger partial charge in [-0.15, -0.1) is 4.98 Å². The van der Waals surface area contributed by atoms with Crippen LogP contribution < -0.4 is 13.8 Å². The number of nitrogens with zero attached hydrogens (tertiary/aromatic N) is 5. The molecule has 3 rings (SSSR count). The van der Waals surface area contributed by atoms with E-state index in [2.05, 4.69) is 46.8 Å². The van der Waals surface area contributed by atoms with E-state index in [4.69, 9.17) is 14.7 Å². The minimum absolute atomic E-state index is 0.00408. The number of aromatic nitrogens is 3. The van der Waals surface area contributed by atoms with Crippen LogP contribution in [0.2, 0.25) is 0 Å². The third kappa shape index (κ3) is 6.88. The van der Waals surface area contributed by atoms with Crippen molar-refractivity contribution < 1.29 is 41.0 Å². The molecule has 1 N–H and O–H groups in total. The quantitative estimate of drug-likeness (QED) is 0.361. The van der Waals surface area contributed by atoms with Crippen LogP contribution >= 0.6 is 31.9 Å². The Morgan fingerprint density at radius 2 is 1.63 bits per heavy atom. The second kappa shape index (κ2) is 12.8. The number of ether oxygens (including phenoxy) is 2. The van der Waals surface area contributed by atoms with Crippen molar-refractivity contribution in [1.29, 1.82) is 5.26 Å². The lowest BCUT2D eigenvalue weighted by Gasteiger charge is -2.21. The minimum atomic E-state index is -5.21. The van der Waals surface area contributed by atoms with E-state index in [-0.39, 0.29) is 22.1 Å². The van der Waals surface area contributed by atoms with Crippen LogP contribution in [0.25, 0.3) is 0 Å². The summed E-state index contributed by atoms with van der Waals surface area (Å²) in [6.45, 7) is 0. The number of alkyl halides is 2. The molecule has 0 saturated heterocycles. The molecule has 0 saturated carbocycles. The maximum atomic E-state index is 14.3. The normalized spacial score (nSPS) is 10.7. The molecule has 2 aromatic carbocycles. The molecule has 0 bridgehead atoms. The van der Waals surface area contributed by atoms with Gasteiger partial charge in [0.25, 0.3) is 10.0 Å². The van der Waals surface area contributed by atoms with Gasteiger partial charge in [-0.05, 0) is 56.1 Å². The number of phenolic OH excluding ortho intramolecular Hbond substituents is 1. The van der Waals surface area contributed by atoms with E-state index in [1.165, 1.54) is 14.2 Å². The number of methoxy groups -OCH3 is 2. The van der Waals surface area contributed by atoms with Crippen LogP contribution in [-0.4, -0.2) is 61.3 Å². The number of hydrogen-bond donors (Lipinski definition) is 1. The van der Waals surface area contributed by atoms with Gasteiger partial charge in [-0.1, -0.05) is 6.07 Å². The summed E-state index contributed by atoms with van der Waals surface area (Å²) in [5.74, 6) is -6.53. The summed E-state index contributed by atoms with van der Waals surface area (Å²) in [6.07, 6.45) is 0. The van der Waals surface area contributed by atoms with Crippen molar-refractivity contribution in [3.8, 4) is 23.8 Å². The summed E-state index contributed by atoms with van der Waals surface area (Å²) < 4.78 is 74.0. The highest BCUT2D eigenvalue weighted by Gasteiger charge is 2.34. The second-order valence-electron chi connectivity index (χ2n) is 6.77. The molecule has 17 heteroatoms. The van der Waals surface area contributed by atoms with Crippen molar-refractivity contribution in [2.24, 2.45) is 0 Å². The van der Waals surface area contributed by atoms with Crippen molar-refractivity contribution in [3.63, 3.8) is 0 Å². The Bertz CT molecular complexity index is 1460. The molecule has 0 amide bonds. The number of para-hydroxylation sites is 1. The molecule has 0 radical (unpaired) electrons. The maximum absolute atomic E-state index is 14.3. The molecule has 0 fully saturated rings. The number of anilines is 1. The molecule has 3 aromatic rings. The number of rotatable bonds is 7. The minimum Gasteiger partial charge on any atom is -0.506 e. The van der Waals surface area contributed by atoms with Gasteiger partial charge >= 0.3 is 17.8 Å². The average molecular weight is 683 g/mol. The van der Waals surface area contributed by atoms with Crippen LogP contribution in [0.1, 0.15) is 21.7 Å². The van der Waals surface area contributed by atoms with Crippen LogP contribution in [0.5, 0.6) is 17.8 Å².